The molecule has 0 aromatic carbocycles. The Morgan fingerprint density at radius 3 is 2.88 bits per heavy atom. The number of aromatic nitrogens is 2. The Balaban J connectivity index is 2.53. The molecule has 0 N–H and O–H groups in total. The zero-order valence-corrected chi connectivity index (χ0v) is 9.75. The molecule has 0 amide bonds. The zero-order chi connectivity index (χ0) is 12.3. The second kappa shape index (κ2) is 4.62. The van der Waals surface area contributed by atoms with Crippen molar-refractivity contribution in [1.29, 1.82) is 5.26 Å². The molecule has 0 unspecified atom stereocenters. The van der Waals surface area contributed by atoms with Crippen molar-refractivity contribution in [3.8, 4) is 6.07 Å². The molecule has 0 saturated heterocycles. The molecule has 17 heavy (non-hydrogen) atoms. The molecule has 4 nitrogen and oxygen atoms in total. The number of fused-ring (bicyclic) bond motifs is 1. The Bertz CT molecular complexity index is 608. The van der Waals surface area contributed by atoms with E-state index in [0.717, 1.165) is 5.39 Å². The highest BCUT2D eigenvalue weighted by atomic mass is 15.0. The van der Waals surface area contributed by atoms with Crippen LogP contribution in [-0.4, -0.2) is 29.0 Å². The first-order chi connectivity index (χ1) is 8.20. The molecule has 2 aromatic rings. The Kier molecular flexibility index (Phi) is 3.01. The van der Waals surface area contributed by atoms with Crippen LogP contribution in [0.25, 0.3) is 16.6 Å². The minimum atomic E-state index is 0.530. The molecular formula is C13H12N4. The van der Waals surface area contributed by atoms with Crippen LogP contribution in [0.5, 0.6) is 0 Å². The summed E-state index contributed by atoms with van der Waals surface area (Å²) in [6, 6.07) is 9.71. The lowest BCUT2D eigenvalue weighted by atomic mass is 10.2. The van der Waals surface area contributed by atoms with E-state index < -0.39 is 0 Å². The first-order valence-electron chi connectivity index (χ1n) is 5.21. The molecule has 2 heterocycles. The molecule has 84 valence electrons. The van der Waals surface area contributed by atoms with Crippen LogP contribution in [0.1, 0.15) is 5.69 Å². The predicted octanol–water partition coefficient (Wildman–Crippen LogP) is 2.06. The van der Waals surface area contributed by atoms with Gasteiger partial charge in [0.15, 0.2) is 5.65 Å². The van der Waals surface area contributed by atoms with Gasteiger partial charge in [0, 0.05) is 31.9 Å². The fraction of sp³-hybridized carbons (Fsp3) is 0.154. The SMILES string of the molecule is CN(C)/C=C(\C#N)c1ccc2cccnc2n1. The molecule has 2 aromatic heterocycles. The van der Waals surface area contributed by atoms with Gasteiger partial charge in [-0.3, -0.25) is 0 Å². The minimum Gasteiger partial charge on any atom is -0.382 e. The molecule has 0 bridgehead atoms. The van der Waals surface area contributed by atoms with Crippen LogP contribution in [0, 0.1) is 11.3 Å². The lowest BCUT2D eigenvalue weighted by Crippen LogP contribution is -2.03. The Morgan fingerprint density at radius 2 is 2.18 bits per heavy atom. The Morgan fingerprint density at radius 1 is 1.35 bits per heavy atom. The summed E-state index contributed by atoms with van der Waals surface area (Å²) in [5.74, 6) is 0. The van der Waals surface area contributed by atoms with Gasteiger partial charge < -0.3 is 4.90 Å². The highest BCUT2D eigenvalue weighted by Gasteiger charge is 2.04. The summed E-state index contributed by atoms with van der Waals surface area (Å²) < 4.78 is 0. The maximum Gasteiger partial charge on any atom is 0.159 e. The molecule has 0 aliphatic rings. The molecule has 0 saturated carbocycles. The number of nitriles is 1. The number of pyridine rings is 2. The second-order valence-corrected chi connectivity index (χ2v) is 3.86. The van der Waals surface area contributed by atoms with Crippen LogP contribution < -0.4 is 0 Å². The maximum atomic E-state index is 9.10. The summed E-state index contributed by atoms with van der Waals surface area (Å²) in [7, 11) is 3.74. The lowest BCUT2D eigenvalue weighted by molar-refractivity contribution is 0.566. The van der Waals surface area contributed by atoms with E-state index >= 15 is 0 Å². The quantitative estimate of drug-likeness (QED) is 0.733. The molecule has 0 aliphatic heterocycles. The number of allylic oxidation sites excluding steroid dienone is 1. The van der Waals surface area contributed by atoms with Crippen molar-refractivity contribution < 1.29 is 0 Å². The van der Waals surface area contributed by atoms with Gasteiger partial charge in [-0.1, -0.05) is 0 Å². The van der Waals surface area contributed by atoms with Gasteiger partial charge in [-0.2, -0.15) is 5.26 Å². The minimum absolute atomic E-state index is 0.530. The third-order valence-corrected chi connectivity index (χ3v) is 2.25. The summed E-state index contributed by atoms with van der Waals surface area (Å²) in [5.41, 5.74) is 1.83. The Hall–Kier alpha value is -2.41. The molecule has 4 heteroatoms. The average molecular weight is 224 g/mol. The lowest BCUT2D eigenvalue weighted by Gasteiger charge is -2.06. The first-order valence-corrected chi connectivity index (χ1v) is 5.21. The summed E-state index contributed by atoms with van der Waals surface area (Å²) in [5, 5.41) is 10.1. The van der Waals surface area contributed by atoms with Crippen LogP contribution >= 0.6 is 0 Å². The topological polar surface area (TPSA) is 52.8 Å². The van der Waals surface area contributed by atoms with E-state index in [1.54, 1.807) is 12.4 Å². The number of nitrogens with zero attached hydrogens (tertiary/aromatic N) is 4. The van der Waals surface area contributed by atoms with Gasteiger partial charge in [-0.05, 0) is 24.3 Å². The van der Waals surface area contributed by atoms with Crippen LogP contribution in [0.3, 0.4) is 0 Å². The first kappa shape index (κ1) is 11.1. The van der Waals surface area contributed by atoms with E-state index in [0.29, 0.717) is 16.9 Å². The maximum absolute atomic E-state index is 9.10. The summed E-state index contributed by atoms with van der Waals surface area (Å²) in [6.07, 6.45) is 3.44. The average Bonchev–Trinajstić information content (AvgIpc) is 2.35. The van der Waals surface area contributed by atoms with Crippen LogP contribution in [0.2, 0.25) is 0 Å². The second-order valence-electron chi connectivity index (χ2n) is 3.86. The molecule has 0 fully saturated rings. The highest BCUT2D eigenvalue weighted by molar-refractivity contribution is 5.80. The molecule has 0 radical (unpaired) electrons. The van der Waals surface area contributed by atoms with Crippen LogP contribution in [0.15, 0.2) is 36.7 Å². The van der Waals surface area contributed by atoms with Crippen molar-refractivity contribution in [3.05, 3.63) is 42.4 Å². The van der Waals surface area contributed by atoms with E-state index in [-0.39, 0.29) is 0 Å². The molecule has 0 spiro atoms. The van der Waals surface area contributed by atoms with Gasteiger partial charge in [-0.15, -0.1) is 0 Å². The molecular weight excluding hydrogens is 212 g/mol. The molecule has 0 atom stereocenters. The monoisotopic (exact) mass is 224 g/mol. The fourth-order valence-electron chi connectivity index (χ4n) is 1.51. The van der Waals surface area contributed by atoms with Gasteiger partial charge in [0.1, 0.15) is 6.07 Å². The van der Waals surface area contributed by atoms with E-state index in [9.17, 15) is 0 Å². The van der Waals surface area contributed by atoms with Gasteiger partial charge >= 0.3 is 0 Å². The Labute approximate surface area is 99.8 Å². The van der Waals surface area contributed by atoms with E-state index in [1.165, 1.54) is 0 Å². The highest BCUT2D eigenvalue weighted by Crippen LogP contribution is 2.15. The third-order valence-electron chi connectivity index (χ3n) is 2.25. The molecule has 0 aliphatic carbocycles. The third kappa shape index (κ3) is 2.40. The fourth-order valence-corrected chi connectivity index (χ4v) is 1.51. The van der Waals surface area contributed by atoms with Gasteiger partial charge in [0.05, 0.1) is 11.3 Å². The van der Waals surface area contributed by atoms with Crippen LogP contribution in [0.4, 0.5) is 0 Å². The van der Waals surface area contributed by atoms with Crippen molar-refractivity contribution in [2.45, 2.75) is 0 Å². The van der Waals surface area contributed by atoms with Crippen molar-refractivity contribution in [3.63, 3.8) is 0 Å². The van der Waals surface area contributed by atoms with E-state index in [1.807, 2.05) is 43.3 Å². The predicted molar refractivity (Wildman–Crippen MR) is 66.8 cm³/mol. The zero-order valence-electron chi connectivity index (χ0n) is 9.75. The van der Waals surface area contributed by atoms with Crippen molar-refractivity contribution in [1.82, 2.24) is 14.9 Å². The summed E-state index contributed by atoms with van der Waals surface area (Å²) in [4.78, 5) is 10.4. The van der Waals surface area contributed by atoms with Crippen LogP contribution in [-0.2, 0) is 0 Å². The van der Waals surface area contributed by atoms with Gasteiger partial charge in [0.2, 0.25) is 0 Å². The molecule has 2 rings (SSSR count). The largest absolute Gasteiger partial charge is 0.382 e. The normalized spacial score (nSPS) is 11.2. The van der Waals surface area contributed by atoms with Gasteiger partial charge in [-0.25, -0.2) is 9.97 Å². The summed E-state index contributed by atoms with van der Waals surface area (Å²) >= 11 is 0. The van der Waals surface area contributed by atoms with E-state index in [4.69, 9.17) is 5.26 Å². The smallest absolute Gasteiger partial charge is 0.159 e. The van der Waals surface area contributed by atoms with Crippen molar-refractivity contribution in [2.24, 2.45) is 0 Å². The number of hydrogen-bond acceptors (Lipinski definition) is 4. The summed E-state index contributed by atoms with van der Waals surface area (Å²) in [6.45, 7) is 0. The van der Waals surface area contributed by atoms with Crippen molar-refractivity contribution in [2.75, 3.05) is 14.1 Å². The van der Waals surface area contributed by atoms with E-state index in [2.05, 4.69) is 16.0 Å². The standard InChI is InChI=1S/C13H12N4/c1-17(2)9-11(8-14)12-6-5-10-4-3-7-15-13(10)16-12/h3-7,9H,1-2H3/b11-9+. The number of rotatable bonds is 2. The van der Waals surface area contributed by atoms with Gasteiger partial charge in [0.25, 0.3) is 0 Å². The van der Waals surface area contributed by atoms with Crippen molar-refractivity contribution >= 4 is 16.6 Å². The number of hydrogen-bond donors (Lipinski definition) is 0.